The van der Waals surface area contributed by atoms with E-state index < -0.39 is 18.3 Å². The summed E-state index contributed by atoms with van der Waals surface area (Å²) in [6.45, 7) is 1.45. The van der Waals surface area contributed by atoms with E-state index >= 15 is 0 Å². The number of nitrogens with zero attached hydrogens (tertiary/aromatic N) is 1. The summed E-state index contributed by atoms with van der Waals surface area (Å²) in [5, 5.41) is 25.4. The van der Waals surface area contributed by atoms with Crippen molar-refractivity contribution >= 4 is 11.6 Å². The third kappa shape index (κ3) is 3.21. The zero-order valence-electron chi connectivity index (χ0n) is 12.3. The van der Waals surface area contributed by atoms with Gasteiger partial charge in [0.15, 0.2) is 0 Å². The lowest BCUT2D eigenvalue weighted by atomic mass is 10.0. The molecule has 22 heavy (non-hydrogen) atoms. The molecule has 2 aliphatic rings. The van der Waals surface area contributed by atoms with Gasteiger partial charge in [-0.25, -0.2) is 4.98 Å². The summed E-state index contributed by atoms with van der Waals surface area (Å²) in [5.74, 6) is -0.302. The second-order valence-electron chi connectivity index (χ2n) is 5.69. The number of ether oxygens (including phenoxy) is 1. The van der Waals surface area contributed by atoms with Crippen LogP contribution in [0.3, 0.4) is 0 Å². The van der Waals surface area contributed by atoms with E-state index in [0.29, 0.717) is 18.7 Å². The van der Waals surface area contributed by atoms with Crippen LogP contribution in [0, 0.1) is 0 Å². The van der Waals surface area contributed by atoms with Crippen LogP contribution in [0.5, 0.6) is 0 Å². The molecule has 1 fully saturated rings. The van der Waals surface area contributed by atoms with Crippen LogP contribution < -0.4 is 10.6 Å². The van der Waals surface area contributed by atoms with E-state index in [0.717, 1.165) is 30.8 Å². The summed E-state index contributed by atoms with van der Waals surface area (Å²) in [4.78, 5) is 16.6. The highest BCUT2D eigenvalue weighted by Crippen LogP contribution is 2.20. The Balaban J connectivity index is 1.60. The minimum atomic E-state index is -0.977. The fourth-order valence-electron chi connectivity index (χ4n) is 2.78. The van der Waals surface area contributed by atoms with Gasteiger partial charge in [-0.15, -0.1) is 0 Å². The maximum Gasteiger partial charge on any atom is 0.269 e. The molecule has 0 spiro atoms. The number of pyridine rings is 1. The van der Waals surface area contributed by atoms with Crippen LogP contribution in [0.25, 0.3) is 0 Å². The number of fused-ring (bicyclic) bond motifs is 1. The van der Waals surface area contributed by atoms with Gasteiger partial charge in [-0.05, 0) is 31.4 Å². The van der Waals surface area contributed by atoms with E-state index in [2.05, 4.69) is 15.6 Å². The highest BCUT2D eigenvalue weighted by atomic mass is 16.5. The number of carbonyl (C=O) groups is 1. The van der Waals surface area contributed by atoms with E-state index in [1.165, 1.54) is 0 Å². The number of carbonyl (C=O) groups excluding carboxylic acids is 1. The van der Waals surface area contributed by atoms with E-state index in [9.17, 15) is 15.0 Å². The van der Waals surface area contributed by atoms with Crippen molar-refractivity contribution in [3.63, 3.8) is 0 Å². The molecule has 3 heterocycles. The Morgan fingerprint density at radius 2 is 2.32 bits per heavy atom. The van der Waals surface area contributed by atoms with Crippen molar-refractivity contribution in [2.75, 3.05) is 25.0 Å². The van der Waals surface area contributed by atoms with Crippen molar-refractivity contribution in [1.29, 1.82) is 0 Å². The standard InChI is InChI=1S/C15H21N3O4/c19-12-5-7-22-13(14(12)20)8-17-15(21)11-4-3-9-10(18-11)2-1-6-16-9/h3-4,12-14,16,19-20H,1-2,5-8H2,(H,17,21). The van der Waals surface area contributed by atoms with Gasteiger partial charge >= 0.3 is 0 Å². The Morgan fingerprint density at radius 1 is 1.45 bits per heavy atom. The first-order chi connectivity index (χ1) is 10.6. The number of amides is 1. The van der Waals surface area contributed by atoms with Gasteiger partial charge in [0.2, 0.25) is 0 Å². The van der Waals surface area contributed by atoms with Gasteiger partial charge in [-0.2, -0.15) is 0 Å². The Labute approximate surface area is 128 Å². The number of aliphatic hydroxyl groups excluding tert-OH is 2. The minimum Gasteiger partial charge on any atom is -0.390 e. The normalized spacial score (nSPS) is 27.6. The Morgan fingerprint density at radius 3 is 3.18 bits per heavy atom. The first kappa shape index (κ1) is 15.2. The van der Waals surface area contributed by atoms with E-state index in [1.807, 2.05) is 6.07 Å². The molecular weight excluding hydrogens is 286 g/mol. The second-order valence-corrected chi connectivity index (χ2v) is 5.69. The first-order valence-electron chi connectivity index (χ1n) is 7.65. The van der Waals surface area contributed by atoms with Crippen LogP contribution in [0.2, 0.25) is 0 Å². The lowest BCUT2D eigenvalue weighted by Gasteiger charge is -2.32. The number of hydrogen-bond acceptors (Lipinski definition) is 6. The average molecular weight is 307 g/mol. The van der Waals surface area contributed by atoms with E-state index in [4.69, 9.17) is 4.74 Å². The van der Waals surface area contributed by atoms with Crippen LogP contribution >= 0.6 is 0 Å². The molecule has 1 aromatic heterocycles. The molecule has 1 saturated heterocycles. The Bertz CT molecular complexity index is 552. The fourth-order valence-corrected chi connectivity index (χ4v) is 2.78. The van der Waals surface area contributed by atoms with Gasteiger partial charge in [-0.3, -0.25) is 4.79 Å². The smallest absolute Gasteiger partial charge is 0.269 e. The molecule has 3 rings (SSSR count). The van der Waals surface area contributed by atoms with Crippen molar-refractivity contribution in [2.45, 2.75) is 37.6 Å². The second kappa shape index (κ2) is 6.60. The largest absolute Gasteiger partial charge is 0.390 e. The van der Waals surface area contributed by atoms with Gasteiger partial charge in [0, 0.05) is 19.7 Å². The predicted molar refractivity (Wildman–Crippen MR) is 79.8 cm³/mol. The Hall–Kier alpha value is -1.70. The maximum absolute atomic E-state index is 12.2. The van der Waals surface area contributed by atoms with Gasteiger partial charge in [0.25, 0.3) is 5.91 Å². The van der Waals surface area contributed by atoms with Crippen molar-refractivity contribution in [3.05, 3.63) is 23.5 Å². The fraction of sp³-hybridized carbons (Fsp3) is 0.600. The van der Waals surface area contributed by atoms with Gasteiger partial charge in [-0.1, -0.05) is 0 Å². The number of aromatic nitrogens is 1. The molecule has 1 aromatic rings. The van der Waals surface area contributed by atoms with Crippen LogP contribution in [-0.2, 0) is 11.2 Å². The van der Waals surface area contributed by atoms with Crippen LogP contribution in [0.15, 0.2) is 12.1 Å². The zero-order valence-corrected chi connectivity index (χ0v) is 12.3. The molecule has 3 atom stereocenters. The minimum absolute atomic E-state index is 0.147. The number of aliphatic hydroxyl groups is 2. The van der Waals surface area contributed by atoms with E-state index in [-0.39, 0.29) is 12.5 Å². The number of hydrogen-bond donors (Lipinski definition) is 4. The van der Waals surface area contributed by atoms with Crippen molar-refractivity contribution in [1.82, 2.24) is 10.3 Å². The lowest BCUT2D eigenvalue weighted by molar-refractivity contribution is -0.132. The third-order valence-corrected chi connectivity index (χ3v) is 4.10. The number of nitrogens with one attached hydrogen (secondary N) is 2. The molecule has 1 amide bonds. The predicted octanol–water partition coefficient (Wildman–Crippen LogP) is -0.320. The summed E-state index contributed by atoms with van der Waals surface area (Å²) in [6.07, 6.45) is -0.0961. The number of aryl methyl sites for hydroxylation is 1. The molecule has 0 aromatic carbocycles. The third-order valence-electron chi connectivity index (χ3n) is 4.10. The first-order valence-corrected chi connectivity index (χ1v) is 7.65. The van der Waals surface area contributed by atoms with Gasteiger partial charge < -0.3 is 25.6 Å². The monoisotopic (exact) mass is 307 g/mol. The molecule has 120 valence electrons. The van der Waals surface area contributed by atoms with Crippen molar-refractivity contribution < 1.29 is 19.7 Å². The number of rotatable bonds is 3. The summed E-state index contributed by atoms with van der Waals surface area (Å²) in [6, 6.07) is 3.55. The van der Waals surface area contributed by atoms with E-state index in [1.54, 1.807) is 6.07 Å². The van der Waals surface area contributed by atoms with Crippen LogP contribution in [-0.4, -0.2) is 59.1 Å². The Kier molecular flexibility index (Phi) is 4.56. The SMILES string of the molecule is O=C(NCC1OCCC(O)C1O)c1ccc2c(n1)CCCN2. The molecule has 7 heteroatoms. The molecule has 0 radical (unpaired) electrons. The molecule has 2 aliphatic heterocycles. The van der Waals surface area contributed by atoms with Crippen LogP contribution in [0.1, 0.15) is 29.0 Å². The van der Waals surface area contributed by atoms with Gasteiger partial charge in [0.05, 0.1) is 17.5 Å². The summed E-state index contributed by atoms with van der Waals surface area (Å²) in [7, 11) is 0. The molecule has 0 aliphatic carbocycles. The summed E-state index contributed by atoms with van der Waals surface area (Å²) in [5.41, 5.74) is 2.24. The average Bonchev–Trinajstić information content (AvgIpc) is 2.55. The highest BCUT2D eigenvalue weighted by Gasteiger charge is 2.31. The lowest BCUT2D eigenvalue weighted by Crippen LogP contribution is -2.50. The quantitative estimate of drug-likeness (QED) is 0.610. The summed E-state index contributed by atoms with van der Waals surface area (Å²) < 4.78 is 5.38. The van der Waals surface area contributed by atoms with Crippen molar-refractivity contribution in [3.8, 4) is 0 Å². The molecular formula is C15H21N3O4. The molecule has 0 saturated carbocycles. The molecule has 4 N–H and O–H groups in total. The molecule has 7 nitrogen and oxygen atoms in total. The topological polar surface area (TPSA) is 104 Å². The zero-order chi connectivity index (χ0) is 15.5. The molecule has 0 bridgehead atoms. The van der Waals surface area contributed by atoms with Crippen LogP contribution in [0.4, 0.5) is 5.69 Å². The number of anilines is 1. The van der Waals surface area contributed by atoms with Gasteiger partial charge in [0.1, 0.15) is 17.9 Å². The van der Waals surface area contributed by atoms with Crippen molar-refractivity contribution in [2.24, 2.45) is 0 Å². The molecule has 3 unspecified atom stereocenters. The summed E-state index contributed by atoms with van der Waals surface area (Å²) >= 11 is 0. The highest BCUT2D eigenvalue weighted by molar-refractivity contribution is 5.92. The maximum atomic E-state index is 12.2.